The maximum Gasteiger partial charge on any atom is 0.251 e. The lowest BCUT2D eigenvalue weighted by atomic mass is 10.0. The molecule has 0 aliphatic carbocycles. The van der Waals surface area contributed by atoms with Crippen LogP contribution in [-0.2, 0) is 11.3 Å². The maximum absolute atomic E-state index is 13.3. The molecule has 0 saturated carbocycles. The van der Waals surface area contributed by atoms with Crippen molar-refractivity contribution in [1.29, 1.82) is 0 Å². The van der Waals surface area contributed by atoms with Gasteiger partial charge < -0.3 is 15.4 Å². The number of benzene rings is 3. The van der Waals surface area contributed by atoms with E-state index in [9.17, 15) is 14.0 Å². The minimum Gasteiger partial charge on any atom is -0.439 e. The summed E-state index contributed by atoms with van der Waals surface area (Å²) in [4.78, 5) is 29.6. The zero-order valence-electron chi connectivity index (χ0n) is 18.9. The van der Waals surface area contributed by atoms with Gasteiger partial charge in [-0.15, -0.1) is 0 Å². The number of amides is 2. The Labute approximate surface area is 202 Å². The first-order valence-electron chi connectivity index (χ1n) is 11.1. The van der Waals surface area contributed by atoms with E-state index in [1.165, 1.54) is 12.1 Å². The van der Waals surface area contributed by atoms with Crippen LogP contribution in [0.4, 0.5) is 4.39 Å². The SMILES string of the molecule is O=C(CC(NC(=O)c1ccccc1)c1ccccc1)NCc1ccc(Oc2cccc(F)c2)nc1. The average molecular weight is 470 g/mol. The van der Waals surface area contributed by atoms with Crippen molar-refractivity contribution in [2.24, 2.45) is 0 Å². The molecule has 0 aliphatic heterocycles. The lowest BCUT2D eigenvalue weighted by molar-refractivity contribution is -0.121. The molecule has 0 radical (unpaired) electrons. The van der Waals surface area contributed by atoms with E-state index >= 15 is 0 Å². The molecule has 1 atom stereocenters. The van der Waals surface area contributed by atoms with Crippen LogP contribution in [-0.4, -0.2) is 16.8 Å². The van der Waals surface area contributed by atoms with Crippen LogP contribution in [0.25, 0.3) is 0 Å². The van der Waals surface area contributed by atoms with Crippen molar-refractivity contribution in [1.82, 2.24) is 15.6 Å². The highest BCUT2D eigenvalue weighted by atomic mass is 19.1. The van der Waals surface area contributed by atoms with E-state index in [2.05, 4.69) is 15.6 Å². The summed E-state index contributed by atoms with van der Waals surface area (Å²) in [6.07, 6.45) is 1.66. The van der Waals surface area contributed by atoms with Crippen molar-refractivity contribution in [3.8, 4) is 11.6 Å². The second kappa shape index (κ2) is 11.6. The smallest absolute Gasteiger partial charge is 0.251 e. The van der Waals surface area contributed by atoms with Gasteiger partial charge in [-0.1, -0.05) is 60.7 Å². The zero-order chi connectivity index (χ0) is 24.5. The van der Waals surface area contributed by atoms with E-state index in [1.54, 1.807) is 54.7 Å². The van der Waals surface area contributed by atoms with Gasteiger partial charge in [0.05, 0.1) is 12.5 Å². The topological polar surface area (TPSA) is 80.3 Å². The van der Waals surface area contributed by atoms with Gasteiger partial charge in [-0.2, -0.15) is 0 Å². The Kier molecular flexibility index (Phi) is 7.81. The van der Waals surface area contributed by atoms with Gasteiger partial charge in [0.25, 0.3) is 5.91 Å². The second-order valence-electron chi connectivity index (χ2n) is 7.85. The molecule has 4 aromatic rings. The third kappa shape index (κ3) is 6.98. The molecule has 4 rings (SSSR count). The van der Waals surface area contributed by atoms with Crippen molar-refractivity contribution < 1.29 is 18.7 Å². The van der Waals surface area contributed by atoms with E-state index in [0.717, 1.165) is 11.1 Å². The van der Waals surface area contributed by atoms with Gasteiger partial charge in [-0.25, -0.2) is 9.37 Å². The van der Waals surface area contributed by atoms with Crippen molar-refractivity contribution in [2.75, 3.05) is 0 Å². The van der Waals surface area contributed by atoms with Crippen LogP contribution in [0.15, 0.2) is 103 Å². The Bertz CT molecular complexity index is 1270. The summed E-state index contributed by atoms with van der Waals surface area (Å²) in [7, 11) is 0. The largest absolute Gasteiger partial charge is 0.439 e. The van der Waals surface area contributed by atoms with E-state index in [1.807, 2.05) is 36.4 Å². The minimum atomic E-state index is -0.482. The molecular formula is C28H24FN3O3. The number of rotatable bonds is 9. The molecule has 7 heteroatoms. The molecule has 0 fully saturated rings. The summed E-state index contributed by atoms with van der Waals surface area (Å²) in [6.45, 7) is 0.264. The number of pyridine rings is 1. The number of halogens is 1. The summed E-state index contributed by atoms with van der Waals surface area (Å²) < 4.78 is 18.8. The molecule has 0 bridgehead atoms. The molecule has 3 aromatic carbocycles. The summed E-state index contributed by atoms with van der Waals surface area (Å²) in [5.41, 5.74) is 2.14. The lowest BCUT2D eigenvalue weighted by Crippen LogP contribution is -2.33. The van der Waals surface area contributed by atoms with Crippen LogP contribution in [0.2, 0.25) is 0 Å². The molecule has 176 valence electrons. The first-order chi connectivity index (χ1) is 17.1. The molecular weight excluding hydrogens is 445 g/mol. The zero-order valence-corrected chi connectivity index (χ0v) is 18.9. The van der Waals surface area contributed by atoms with E-state index < -0.39 is 11.9 Å². The molecule has 0 spiro atoms. The second-order valence-corrected chi connectivity index (χ2v) is 7.85. The van der Waals surface area contributed by atoms with Crippen LogP contribution >= 0.6 is 0 Å². The Hall–Kier alpha value is -4.52. The predicted octanol–water partition coefficient (Wildman–Crippen LogP) is 5.19. The van der Waals surface area contributed by atoms with Gasteiger partial charge in [0, 0.05) is 30.4 Å². The molecule has 0 aliphatic rings. The molecule has 1 heterocycles. The fraction of sp³-hybridized carbons (Fsp3) is 0.107. The summed E-state index contributed by atoms with van der Waals surface area (Å²) >= 11 is 0. The van der Waals surface area contributed by atoms with Gasteiger partial charge >= 0.3 is 0 Å². The highest BCUT2D eigenvalue weighted by Gasteiger charge is 2.19. The third-order valence-electron chi connectivity index (χ3n) is 5.24. The summed E-state index contributed by atoms with van der Waals surface area (Å²) in [5, 5.41) is 5.83. The van der Waals surface area contributed by atoms with E-state index in [0.29, 0.717) is 17.2 Å². The number of aromatic nitrogens is 1. The maximum atomic E-state index is 13.3. The third-order valence-corrected chi connectivity index (χ3v) is 5.24. The quantitative estimate of drug-likeness (QED) is 0.354. The number of carbonyl (C=O) groups is 2. The molecule has 1 aromatic heterocycles. The normalized spacial score (nSPS) is 11.3. The monoisotopic (exact) mass is 469 g/mol. The summed E-state index contributed by atoms with van der Waals surface area (Å²) in [5.74, 6) is -0.185. The first kappa shape index (κ1) is 23.6. The number of hydrogen-bond acceptors (Lipinski definition) is 4. The van der Waals surface area contributed by atoms with E-state index in [4.69, 9.17) is 4.74 Å². The number of nitrogens with zero attached hydrogens (tertiary/aromatic N) is 1. The van der Waals surface area contributed by atoms with E-state index in [-0.39, 0.29) is 24.8 Å². The van der Waals surface area contributed by atoms with Gasteiger partial charge in [0.1, 0.15) is 11.6 Å². The fourth-order valence-electron chi connectivity index (χ4n) is 3.45. The molecule has 35 heavy (non-hydrogen) atoms. The molecule has 6 nitrogen and oxygen atoms in total. The number of nitrogens with one attached hydrogen (secondary N) is 2. The molecule has 2 amide bonds. The number of carbonyl (C=O) groups excluding carboxylic acids is 2. The predicted molar refractivity (Wildman–Crippen MR) is 130 cm³/mol. The minimum absolute atomic E-state index is 0.0801. The van der Waals surface area contributed by atoms with Gasteiger partial charge in [-0.3, -0.25) is 9.59 Å². The van der Waals surface area contributed by atoms with Crippen LogP contribution in [0, 0.1) is 5.82 Å². The van der Waals surface area contributed by atoms with Crippen molar-refractivity contribution in [3.05, 3.63) is 126 Å². The highest BCUT2D eigenvalue weighted by molar-refractivity contribution is 5.94. The van der Waals surface area contributed by atoms with Gasteiger partial charge in [0.2, 0.25) is 11.8 Å². The summed E-state index contributed by atoms with van der Waals surface area (Å²) in [6, 6.07) is 27.0. The average Bonchev–Trinajstić information content (AvgIpc) is 2.89. The molecule has 2 N–H and O–H groups in total. The molecule has 1 unspecified atom stereocenters. The first-order valence-corrected chi connectivity index (χ1v) is 11.1. The molecule has 0 saturated heterocycles. The Morgan fingerprint density at radius 2 is 1.63 bits per heavy atom. The van der Waals surface area contributed by atoms with Crippen molar-refractivity contribution in [3.63, 3.8) is 0 Å². The Morgan fingerprint density at radius 3 is 2.31 bits per heavy atom. The number of hydrogen-bond donors (Lipinski definition) is 2. The standard InChI is InChI=1S/C28H24FN3O3/c29-23-12-7-13-24(16-23)35-27-15-14-20(19-31-27)18-30-26(33)17-25(21-8-3-1-4-9-21)32-28(34)22-10-5-2-6-11-22/h1-16,19,25H,17-18H2,(H,30,33)(H,32,34). The van der Waals surface area contributed by atoms with Crippen LogP contribution in [0.5, 0.6) is 11.6 Å². The van der Waals surface area contributed by atoms with Crippen LogP contribution in [0.1, 0.15) is 33.9 Å². The van der Waals surface area contributed by atoms with Crippen LogP contribution < -0.4 is 15.4 Å². The van der Waals surface area contributed by atoms with Gasteiger partial charge in [-0.05, 0) is 35.4 Å². The van der Waals surface area contributed by atoms with Gasteiger partial charge in [0.15, 0.2) is 0 Å². The number of ether oxygens (including phenoxy) is 1. The van der Waals surface area contributed by atoms with Crippen molar-refractivity contribution >= 4 is 11.8 Å². The Morgan fingerprint density at radius 1 is 0.886 bits per heavy atom. The van der Waals surface area contributed by atoms with Crippen molar-refractivity contribution in [2.45, 2.75) is 19.0 Å². The lowest BCUT2D eigenvalue weighted by Gasteiger charge is -2.19. The fourth-order valence-corrected chi connectivity index (χ4v) is 3.45. The van der Waals surface area contributed by atoms with Crippen LogP contribution in [0.3, 0.4) is 0 Å². The highest BCUT2D eigenvalue weighted by Crippen LogP contribution is 2.20. The Balaban J connectivity index is 1.34.